The zero-order chi connectivity index (χ0) is 19.5. The zero-order valence-electron chi connectivity index (χ0n) is 15.3. The average molecular weight is 395 g/mol. The second-order valence-corrected chi connectivity index (χ2v) is 9.64. The minimum atomic E-state index is -3.90. The van der Waals surface area contributed by atoms with Crippen LogP contribution in [0.3, 0.4) is 0 Å². The predicted octanol–water partition coefficient (Wildman–Crippen LogP) is 4.44. The van der Waals surface area contributed by atoms with Gasteiger partial charge in [-0.3, -0.25) is 4.79 Å². The SMILES string of the molecule is CCC(C)c1ccc(NC(=O)C(C)(C)S(=O)(=O)c2ccc(Cl)cc2)nc1. The molecule has 1 atom stereocenters. The second kappa shape index (κ2) is 7.76. The molecule has 140 valence electrons. The van der Waals surface area contributed by atoms with Crippen molar-refractivity contribution in [2.75, 3.05) is 5.32 Å². The Morgan fingerprint density at radius 3 is 2.31 bits per heavy atom. The van der Waals surface area contributed by atoms with Crippen LogP contribution >= 0.6 is 11.6 Å². The number of hydrogen-bond acceptors (Lipinski definition) is 4. The first-order valence-corrected chi connectivity index (χ1v) is 10.2. The highest BCUT2D eigenvalue weighted by molar-refractivity contribution is 7.93. The van der Waals surface area contributed by atoms with Crippen molar-refractivity contribution in [2.45, 2.75) is 49.7 Å². The van der Waals surface area contributed by atoms with Crippen molar-refractivity contribution in [1.82, 2.24) is 4.98 Å². The van der Waals surface area contributed by atoms with Gasteiger partial charge in [0.25, 0.3) is 0 Å². The highest BCUT2D eigenvalue weighted by Gasteiger charge is 2.43. The molecule has 7 heteroatoms. The average Bonchev–Trinajstić information content (AvgIpc) is 2.61. The van der Waals surface area contributed by atoms with Gasteiger partial charge in [0.05, 0.1) is 4.90 Å². The highest BCUT2D eigenvalue weighted by atomic mass is 35.5. The molecule has 0 aliphatic rings. The first-order chi connectivity index (χ1) is 12.1. The number of halogens is 1. The van der Waals surface area contributed by atoms with Crippen molar-refractivity contribution < 1.29 is 13.2 Å². The molecule has 1 N–H and O–H groups in total. The van der Waals surface area contributed by atoms with Crippen molar-refractivity contribution in [3.05, 3.63) is 53.2 Å². The Labute approximate surface area is 159 Å². The quantitative estimate of drug-likeness (QED) is 0.785. The minimum Gasteiger partial charge on any atom is -0.309 e. The van der Waals surface area contributed by atoms with E-state index in [2.05, 4.69) is 24.1 Å². The Balaban J connectivity index is 2.23. The van der Waals surface area contributed by atoms with Crippen LogP contribution < -0.4 is 5.32 Å². The molecular formula is C19H23ClN2O3S. The molecule has 0 aliphatic carbocycles. The number of carbonyl (C=O) groups excluding carboxylic acids is 1. The number of amides is 1. The number of hydrogen-bond donors (Lipinski definition) is 1. The van der Waals surface area contributed by atoms with Gasteiger partial charge in [0.2, 0.25) is 5.91 Å². The molecule has 5 nitrogen and oxygen atoms in total. The smallest absolute Gasteiger partial charge is 0.246 e. The number of anilines is 1. The molecule has 0 saturated carbocycles. The van der Waals surface area contributed by atoms with Crippen LogP contribution in [0.4, 0.5) is 5.82 Å². The number of sulfone groups is 1. The van der Waals surface area contributed by atoms with Crippen LogP contribution in [0.1, 0.15) is 45.6 Å². The fourth-order valence-corrected chi connectivity index (χ4v) is 3.81. The molecule has 1 unspecified atom stereocenters. The van der Waals surface area contributed by atoms with Gasteiger partial charge in [0.15, 0.2) is 9.84 Å². The molecule has 0 saturated heterocycles. The molecular weight excluding hydrogens is 372 g/mol. The lowest BCUT2D eigenvalue weighted by Crippen LogP contribution is -2.44. The zero-order valence-corrected chi connectivity index (χ0v) is 16.9. The molecule has 0 radical (unpaired) electrons. The topological polar surface area (TPSA) is 76.1 Å². The molecule has 0 spiro atoms. The Bertz CT molecular complexity index is 876. The second-order valence-electron chi connectivity index (χ2n) is 6.71. The van der Waals surface area contributed by atoms with Crippen LogP contribution in [0.5, 0.6) is 0 Å². The predicted molar refractivity (Wildman–Crippen MR) is 104 cm³/mol. The first kappa shape index (κ1) is 20.4. The van der Waals surface area contributed by atoms with E-state index in [1.807, 2.05) is 6.07 Å². The lowest BCUT2D eigenvalue weighted by atomic mass is 10.0. The molecule has 0 aliphatic heterocycles. The van der Waals surface area contributed by atoms with E-state index >= 15 is 0 Å². The monoisotopic (exact) mass is 394 g/mol. The van der Waals surface area contributed by atoms with Crippen LogP contribution in [0.2, 0.25) is 5.02 Å². The van der Waals surface area contributed by atoms with E-state index in [0.717, 1.165) is 12.0 Å². The largest absolute Gasteiger partial charge is 0.309 e. The molecule has 1 amide bonds. The summed E-state index contributed by atoms with van der Waals surface area (Å²) in [6.45, 7) is 6.93. The summed E-state index contributed by atoms with van der Waals surface area (Å²) >= 11 is 5.81. The Morgan fingerprint density at radius 1 is 1.19 bits per heavy atom. The lowest BCUT2D eigenvalue weighted by molar-refractivity contribution is -0.117. The first-order valence-electron chi connectivity index (χ1n) is 8.37. The van der Waals surface area contributed by atoms with E-state index in [0.29, 0.717) is 16.8 Å². The Kier molecular flexibility index (Phi) is 6.09. The number of aromatic nitrogens is 1. The fourth-order valence-electron chi connectivity index (χ4n) is 2.30. The fraction of sp³-hybridized carbons (Fsp3) is 0.368. The number of carbonyl (C=O) groups is 1. The summed E-state index contributed by atoms with van der Waals surface area (Å²) in [6.07, 6.45) is 2.68. The van der Waals surface area contributed by atoms with Gasteiger partial charge in [-0.15, -0.1) is 0 Å². The van der Waals surface area contributed by atoms with Gasteiger partial charge in [-0.1, -0.05) is 31.5 Å². The van der Waals surface area contributed by atoms with Gasteiger partial charge < -0.3 is 5.32 Å². The van der Waals surface area contributed by atoms with Crippen LogP contribution in [-0.2, 0) is 14.6 Å². The lowest BCUT2D eigenvalue weighted by Gasteiger charge is -2.23. The third-order valence-corrected chi connectivity index (χ3v) is 7.23. The number of rotatable bonds is 6. The van der Waals surface area contributed by atoms with Crippen molar-refractivity contribution >= 4 is 33.2 Å². The maximum atomic E-state index is 12.9. The van der Waals surface area contributed by atoms with Crippen LogP contribution in [0, 0.1) is 0 Å². The number of pyridine rings is 1. The molecule has 0 fully saturated rings. The number of nitrogens with zero attached hydrogens (tertiary/aromatic N) is 1. The van der Waals surface area contributed by atoms with E-state index in [9.17, 15) is 13.2 Å². The van der Waals surface area contributed by atoms with Gasteiger partial charge in [-0.25, -0.2) is 13.4 Å². The summed E-state index contributed by atoms with van der Waals surface area (Å²) in [7, 11) is -3.90. The summed E-state index contributed by atoms with van der Waals surface area (Å²) < 4.78 is 24.0. The van der Waals surface area contributed by atoms with Crippen molar-refractivity contribution in [3.63, 3.8) is 0 Å². The van der Waals surface area contributed by atoms with Crippen molar-refractivity contribution in [1.29, 1.82) is 0 Å². The molecule has 26 heavy (non-hydrogen) atoms. The number of benzene rings is 1. The summed E-state index contributed by atoms with van der Waals surface area (Å²) in [5, 5.41) is 3.03. The Morgan fingerprint density at radius 2 is 1.81 bits per heavy atom. The Hall–Kier alpha value is -1.92. The standard InChI is InChI=1S/C19H23ClN2O3S/c1-5-13(2)14-6-11-17(21-12-14)22-18(23)19(3,4)26(24,25)16-9-7-15(20)8-10-16/h6-13H,5H2,1-4H3,(H,21,22,23). The van der Waals surface area contributed by atoms with E-state index in [-0.39, 0.29) is 4.90 Å². The van der Waals surface area contributed by atoms with Crippen LogP contribution in [0.25, 0.3) is 0 Å². The van der Waals surface area contributed by atoms with Gasteiger partial charge in [-0.2, -0.15) is 0 Å². The molecule has 2 aromatic rings. The molecule has 1 aromatic carbocycles. The summed E-state index contributed by atoms with van der Waals surface area (Å²) in [6, 6.07) is 9.33. The van der Waals surface area contributed by atoms with Gasteiger partial charge in [0.1, 0.15) is 10.6 Å². The maximum Gasteiger partial charge on any atom is 0.246 e. The third kappa shape index (κ3) is 4.07. The molecule has 0 bridgehead atoms. The van der Waals surface area contributed by atoms with E-state index in [1.54, 1.807) is 12.3 Å². The third-order valence-electron chi connectivity index (χ3n) is 4.55. The minimum absolute atomic E-state index is 0.0436. The normalized spacial score (nSPS) is 13.3. The number of nitrogens with one attached hydrogen (secondary N) is 1. The summed E-state index contributed by atoms with van der Waals surface area (Å²) in [5.41, 5.74) is 1.07. The van der Waals surface area contributed by atoms with Gasteiger partial charge in [-0.05, 0) is 62.1 Å². The van der Waals surface area contributed by atoms with E-state index in [1.165, 1.54) is 38.1 Å². The summed E-state index contributed by atoms with van der Waals surface area (Å²) in [4.78, 5) is 16.9. The van der Waals surface area contributed by atoms with Gasteiger partial charge >= 0.3 is 0 Å². The molecule has 2 rings (SSSR count). The van der Waals surface area contributed by atoms with E-state index in [4.69, 9.17) is 11.6 Å². The maximum absolute atomic E-state index is 12.9. The van der Waals surface area contributed by atoms with Crippen molar-refractivity contribution in [3.8, 4) is 0 Å². The highest BCUT2D eigenvalue weighted by Crippen LogP contribution is 2.28. The van der Waals surface area contributed by atoms with E-state index < -0.39 is 20.5 Å². The van der Waals surface area contributed by atoms with Gasteiger partial charge in [0, 0.05) is 11.2 Å². The van der Waals surface area contributed by atoms with Crippen LogP contribution in [0.15, 0.2) is 47.5 Å². The van der Waals surface area contributed by atoms with Crippen molar-refractivity contribution in [2.24, 2.45) is 0 Å². The summed E-state index contributed by atoms with van der Waals surface area (Å²) in [5.74, 6) is 0.0478. The molecule has 1 aromatic heterocycles. The van der Waals surface area contributed by atoms with Crippen LogP contribution in [-0.4, -0.2) is 24.1 Å². The molecule has 1 heterocycles.